The summed E-state index contributed by atoms with van der Waals surface area (Å²) >= 11 is 1.43. The fourth-order valence-corrected chi connectivity index (χ4v) is 2.27. The summed E-state index contributed by atoms with van der Waals surface area (Å²) < 4.78 is 0. The molecule has 0 spiro atoms. The van der Waals surface area contributed by atoms with Crippen LogP contribution in [0.5, 0.6) is 0 Å². The molecule has 1 aliphatic heterocycles. The molecule has 2 rings (SSSR count). The maximum atomic E-state index is 8.73. The van der Waals surface area contributed by atoms with Gasteiger partial charge in [0.25, 0.3) is 0 Å². The highest BCUT2D eigenvalue weighted by Gasteiger charge is 2.17. The zero-order chi connectivity index (χ0) is 11.4. The van der Waals surface area contributed by atoms with Crippen molar-refractivity contribution in [3.63, 3.8) is 0 Å². The highest BCUT2D eigenvalue weighted by molar-refractivity contribution is 8.04. The van der Waals surface area contributed by atoms with E-state index in [9.17, 15) is 0 Å². The maximum Gasteiger partial charge on any atom is 0.161 e. The number of benzene rings is 1. The number of nitrogens with zero attached hydrogens (tertiary/aromatic N) is 3. The topological polar surface area (TPSA) is 59.9 Å². The van der Waals surface area contributed by atoms with Gasteiger partial charge >= 0.3 is 0 Å². The van der Waals surface area contributed by atoms with Crippen LogP contribution in [0.4, 0.5) is 0 Å². The van der Waals surface area contributed by atoms with Crippen molar-refractivity contribution in [2.75, 3.05) is 5.75 Å². The van der Waals surface area contributed by atoms with Crippen molar-refractivity contribution in [3.05, 3.63) is 46.5 Å². The Balaban J connectivity index is 2.37. The first-order valence-corrected chi connectivity index (χ1v) is 5.64. The van der Waals surface area contributed by atoms with E-state index in [0.717, 1.165) is 11.3 Å². The van der Waals surface area contributed by atoms with Gasteiger partial charge in [-0.15, -0.1) is 0 Å². The Morgan fingerprint density at radius 1 is 1.19 bits per heavy atom. The van der Waals surface area contributed by atoms with Gasteiger partial charge in [0.15, 0.2) is 5.57 Å². The van der Waals surface area contributed by atoms with E-state index in [1.165, 1.54) is 11.8 Å². The molecule has 1 aromatic rings. The van der Waals surface area contributed by atoms with Gasteiger partial charge in [-0.2, -0.15) is 10.5 Å². The third-order valence-corrected chi connectivity index (χ3v) is 3.11. The molecule has 0 radical (unpaired) electrons. The number of rotatable bonds is 1. The number of allylic oxidation sites excluding steroid dienone is 1. The molecule has 1 heterocycles. The van der Waals surface area contributed by atoms with Crippen LogP contribution in [0.1, 0.15) is 5.56 Å². The predicted molar refractivity (Wildman–Crippen MR) is 63.7 cm³/mol. The third kappa shape index (κ3) is 1.98. The maximum absolute atomic E-state index is 8.73. The van der Waals surface area contributed by atoms with E-state index in [1.54, 1.807) is 0 Å². The molecule has 0 saturated carbocycles. The summed E-state index contributed by atoms with van der Waals surface area (Å²) in [4.78, 5) is 4.31. The summed E-state index contributed by atoms with van der Waals surface area (Å²) in [6, 6.07) is 13.5. The summed E-state index contributed by atoms with van der Waals surface area (Å²) in [7, 11) is 0. The van der Waals surface area contributed by atoms with Crippen LogP contribution in [0.2, 0.25) is 0 Å². The fraction of sp³-hybridized carbons (Fsp3) is 0.0833. The second-order valence-electron chi connectivity index (χ2n) is 3.12. The largest absolute Gasteiger partial charge is 0.243 e. The molecule has 0 saturated heterocycles. The number of nitriles is 2. The Hall–Kier alpha value is -2.04. The molecule has 0 atom stereocenters. The predicted octanol–water partition coefficient (Wildman–Crippen LogP) is 2.48. The normalized spacial score (nSPS) is 13.9. The van der Waals surface area contributed by atoms with Crippen LogP contribution >= 0.6 is 11.8 Å². The van der Waals surface area contributed by atoms with Crippen LogP contribution in [-0.4, -0.2) is 11.5 Å². The van der Waals surface area contributed by atoms with Crippen LogP contribution in [0.25, 0.3) is 0 Å². The summed E-state index contributed by atoms with van der Waals surface area (Å²) in [5.74, 6) is 0.714. The first-order chi connectivity index (χ1) is 7.85. The van der Waals surface area contributed by atoms with Gasteiger partial charge in [-0.1, -0.05) is 42.1 Å². The molecule has 16 heavy (non-hydrogen) atoms. The molecule has 0 unspecified atom stereocenters. The molecule has 0 bridgehead atoms. The van der Waals surface area contributed by atoms with E-state index in [2.05, 4.69) is 4.99 Å². The molecule has 0 N–H and O–H groups in total. The summed E-state index contributed by atoms with van der Waals surface area (Å²) in [6.45, 7) is 0. The van der Waals surface area contributed by atoms with Gasteiger partial charge < -0.3 is 0 Å². The van der Waals surface area contributed by atoms with Crippen molar-refractivity contribution in [2.45, 2.75) is 0 Å². The molecular weight excluding hydrogens is 218 g/mol. The summed E-state index contributed by atoms with van der Waals surface area (Å²) in [5, 5.41) is 18.0. The third-order valence-electron chi connectivity index (χ3n) is 2.13. The Bertz CT molecular complexity index is 528. The van der Waals surface area contributed by atoms with Gasteiger partial charge in [0.2, 0.25) is 0 Å². The lowest BCUT2D eigenvalue weighted by molar-refractivity contribution is 1.41. The molecule has 4 heteroatoms. The Morgan fingerprint density at radius 2 is 1.88 bits per heavy atom. The smallest absolute Gasteiger partial charge is 0.161 e. The highest BCUT2D eigenvalue weighted by Crippen LogP contribution is 2.29. The van der Waals surface area contributed by atoms with E-state index >= 15 is 0 Å². The second-order valence-corrected chi connectivity index (χ2v) is 4.08. The lowest BCUT2D eigenvalue weighted by Gasteiger charge is -1.96. The molecule has 0 amide bonds. The van der Waals surface area contributed by atoms with Crippen molar-refractivity contribution in [1.29, 1.82) is 10.5 Å². The Labute approximate surface area is 97.7 Å². The van der Waals surface area contributed by atoms with Gasteiger partial charge in [0.1, 0.15) is 17.2 Å². The standard InChI is InChI=1S/C12H7N3S/c13-6-10(7-14)12-15-11(8-16-12)9-4-2-1-3-5-9/h1-5H,8H2. The Morgan fingerprint density at radius 3 is 2.50 bits per heavy atom. The molecule has 76 valence electrons. The molecule has 1 aliphatic rings. The number of hydrogen-bond acceptors (Lipinski definition) is 4. The summed E-state index contributed by atoms with van der Waals surface area (Å²) in [5.41, 5.74) is 2.06. The minimum atomic E-state index is 0.0935. The monoisotopic (exact) mass is 225 g/mol. The zero-order valence-corrected chi connectivity index (χ0v) is 9.16. The van der Waals surface area contributed by atoms with Crippen molar-refractivity contribution in [2.24, 2.45) is 4.99 Å². The minimum absolute atomic E-state index is 0.0935. The quantitative estimate of drug-likeness (QED) is 0.690. The molecule has 1 aromatic carbocycles. The van der Waals surface area contributed by atoms with Gasteiger partial charge in [0.05, 0.1) is 5.71 Å². The van der Waals surface area contributed by atoms with Crippen LogP contribution in [0, 0.1) is 22.7 Å². The zero-order valence-electron chi connectivity index (χ0n) is 8.34. The first-order valence-electron chi connectivity index (χ1n) is 4.65. The number of thioether (sulfide) groups is 1. The minimum Gasteiger partial charge on any atom is -0.243 e. The molecular formula is C12H7N3S. The molecule has 0 aromatic heterocycles. The van der Waals surface area contributed by atoms with Gasteiger partial charge in [0, 0.05) is 5.75 Å². The van der Waals surface area contributed by atoms with Crippen LogP contribution in [0.15, 0.2) is 45.9 Å². The van der Waals surface area contributed by atoms with E-state index in [4.69, 9.17) is 10.5 Å². The van der Waals surface area contributed by atoms with Gasteiger partial charge in [-0.3, -0.25) is 0 Å². The lowest BCUT2D eigenvalue weighted by atomic mass is 10.1. The number of hydrogen-bond donors (Lipinski definition) is 0. The lowest BCUT2D eigenvalue weighted by Crippen LogP contribution is -1.98. The summed E-state index contributed by atoms with van der Waals surface area (Å²) in [6.07, 6.45) is 0. The van der Waals surface area contributed by atoms with E-state index < -0.39 is 0 Å². The average molecular weight is 225 g/mol. The SMILES string of the molecule is N#CC(C#N)=C1N=C(c2ccccc2)CS1. The molecule has 3 nitrogen and oxygen atoms in total. The Kier molecular flexibility index (Phi) is 3.05. The fourth-order valence-electron chi connectivity index (χ4n) is 1.35. The highest BCUT2D eigenvalue weighted by atomic mass is 32.2. The molecule has 0 fully saturated rings. The number of aliphatic imine (C=N–C) groups is 1. The van der Waals surface area contributed by atoms with E-state index in [0.29, 0.717) is 10.8 Å². The average Bonchev–Trinajstić information content (AvgIpc) is 2.81. The van der Waals surface area contributed by atoms with E-state index in [-0.39, 0.29) is 5.57 Å². The van der Waals surface area contributed by atoms with Gasteiger partial charge in [-0.05, 0) is 5.56 Å². The van der Waals surface area contributed by atoms with Crippen LogP contribution in [0.3, 0.4) is 0 Å². The van der Waals surface area contributed by atoms with Gasteiger partial charge in [-0.25, -0.2) is 4.99 Å². The van der Waals surface area contributed by atoms with Crippen LogP contribution < -0.4 is 0 Å². The molecule has 0 aliphatic carbocycles. The second kappa shape index (κ2) is 4.65. The van der Waals surface area contributed by atoms with Crippen molar-refractivity contribution in [1.82, 2.24) is 0 Å². The van der Waals surface area contributed by atoms with Crippen molar-refractivity contribution < 1.29 is 0 Å². The van der Waals surface area contributed by atoms with Crippen molar-refractivity contribution >= 4 is 17.5 Å². The van der Waals surface area contributed by atoms with E-state index in [1.807, 2.05) is 42.5 Å². The van der Waals surface area contributed by atoms with Crippen LogP contribution in [-0.2, 0) is 0 Å². The first kappa shape index (κ1) is 10.5. The van der Waals surface area contributed by atoms with Crippen molar-refractivity contribution in [3.8, 4) is 12.1 Å².